The second-order valence-corrected chi connectivity index (χ2v) is 5.45. The second-order valence-electron chi connectivity index (χ2n) is 5.45. The van der Waals surface area contributed by atoms with Gasteiger partial charge in [0, 0.05) is 32.6 Å². The minimum absolute atomic E-state index is 0.0326. The number of rotatable bonds is 2. The molecule has 1 N–H and O–H groups in total. The van der Waals surface area contributed by atoms with Crippen LogP contribution in [0.2, 0.25) is 0 Å². The summed E-state index contributed by atoms with van der Waals surface area (Å²) >= 11 is 0. The van der Waals surface area contributed by atoms with Crippen molar-refractivity contribution in [2.45, 2.75) is 32.8 Å². The zero-order valence-corrected chi connectivity index (χ0v) is 11.1. The number of nitrogens with zero attached hydrogens (tertiary/aromatic N) is 2. The first-order valence-electron chi connectivity index (χ1n) is 6.77. The molecule has 0 radical (unpaired) electrons. The molecule has 3 atom stereocenters. The fourth-order valence-corrected chi connectivity index (χ4v) is 2.75. The van der Waals surface area contributed by atoms with Crippen molar-refractivity contribution in [3.8, 4) is 0 Å². The average Bonchev–Trinajstić information content (AvgIpc) is 2.73. The lowest BCUT2D eigenvalue weighted by Gasteiger charge is -2.35. The standard InChI is InChI=1S/C13H22N2O3/c1-3-14-7-10(6-12(14)17)13(18)15-5-4-9(2)11(16)8-15/h9-11,16H,3-8H2,1-2H3. The SMILES string of the molecule is CCN1CC(C(=O)N2CCC(C)C(O)C2)CC1=O. The van der Waals surface area contributed by atoms with Crippen LogP contribution in [0.4, 0.5) is 0 Å². The van der Waals surface area contributed by atoms with Crippen molar-refractivity contribution in [1.82, 2.24) is 9.80 Å². The Morgan fingerprint density at radius 2 is 2.17 bits per heavy atom. The Kier molecular flexibility index (Phi) is 3.90. The Balaban J connectivity index is 1.94. The van der Waals surface area contributed by atoms with Crippen LogP contribution in [0.5, 0.6) is 0 Å². The van der Waals surface area contributed by atoms with Gasteiger partial charge >= 0.3 is 0 Å². The summed E-state index contributed by atoms with van der Waals surface area (Å²) in [6, 6.07) is 0. The van der Waals surface area contributed by atoms with Crippen molar-refractivity contribution in [2.24, 2.45) is 11.8 Å². The largest absolute Gasteiger partial charge is 0.391 e. The highest BCUT2D eigenvalue weighted by atomic mass is 16.3. The highest BCUT2D eigenvalue weighted by molar-refractivity contribution is 5.89. The summed E-state index contributed by atoms with van der Waals surface area (Å²) in [5.41, 5.74) is 0. The lowest BCUT2D eigenvalue weighted by molar-refractivity contribution is -0.139. The van der Waals surface area contributed by atoms with Gasteiger partial charge in [0.1, 0.15) is 0 Å². The Hall–Kier alpha value is -1.10. The molecule has 2 saturated heterocycles. The number of carbonyl (C=O) groups excluding carboxylic acids is 2. The van der Waals surface area contributed by atoms with Crippen LogP contribution in [0, 0.1) is 11.8 Å². The molecule has 0 bridgehead atoms. The monoisotopic (exact) mass is 254 g/mol. The van der Waals surface area contributed by atoms with Crippen molar-refractivity contribution in [3.05, 3.63) is 0 Å². The maximum Gasteiger partial charge on any atom is 0.228 e. The summed E-state index contributed by atoms with van der Waals surface area (Å²) in [5, 5.41) is 9.82. The number of likely N-dealkylation sites (tertiary alicyclic amines) is 2. The molecule has 2 fully saturated rings. The third-order valence-corrected chi connectivity index (χ3v) is 4.18. The Morgan fingerprint density at radius 3 is 2.72 bits per heavy atom. The van der Waals surface area contributed by atoms with Crippen LogP contribution >= 0.6 is 0 Å². The number of hydrogen-bond acceptors (Lipinski definition) is 3. The van der Waals surface area contributed by atoms with Gasteiger partial charge in [-0.05, 0) is 19.3 Å². The first-order valence-corrected chi connectivity index (χ1v) is 6.77. The molecule has 0 aromatic rings. The maximum atomic E-state index is 12.3. The van der Waals surface area contributed by atoms with E-state index in [9.17, 15) is 14.7 Å². The van der Waals surface area contributed by atoms with Crippen LogP contribution in [-0.4, -0.2) is 59.0 Å². The van der Waals surface area contributed by atoms with Crippen LogP contribution in [0.15, 0.2) is 0 Å². The quantitative estimate of drug-likeness (QED) is 0.759. The van der Waals surface area contributed by atoms with E-state index >= 15 is 0 Å². The molecule has 0 aromatic carbocycles. The van der Waals surface area contributed by atoms with E-state index in [1.807, 2.05) is 13.8 Å². The Bertz CT molecular complexity index is 345. The lowest BCUT2D eigenvalue weighted by atomic mass is 9.94. The van der Waals surface area contributed by atoms with E-state index in [-0.39, 0.29) is 23.7 Å². The van der Waals surface area contributed by atoms with E-state index in [0.29, 0.717) is 32.6 Å². The van der Waals surface area contributed by atoms with Crippen LogP contribution in [0.25, 0.3) is 0 Å². The van der Waals surface area contributed by atoms with E-state index in [4.69, 9.17) is 0 Å². The predicted octanol–water partition coefficient (Wildman–Crippen LogP) is 0.0841. The topological polar surface area (TPSA) is 60.9 Å². The number of amides is 2. The molecule has 2 amide bonds. The zero-order valence-electron chi connectivity index (χ0n) is 11.1. The van der Waals surface area contributed by atoms with Crippen molar-refractivity contribution < 1.29 is 14.7 Å². The molecule has 2 heterocycles. The van der Waals surface area contributed by atoms with Gasteiger partial charge in [-0.25, -0.2) is 0 Å². The maximum absolute atomic E-state index is 12.3. The van der Waals surface area contributed by atoms with Crippen molar-refractivity contribution in [3.63, 3.8) is 0 Å². The summed E-state index contributed by atoms with van der Waals surface area (Å²) < 4.78 is 0. The Labute approximate surface area is 108 Å². The third kappa shape index (κ3) is 2.51. The number of piperidine rings is 1. The molecule has 2 aliphatic rings. The molecule has 5 nitrogen and oxygen atoms in total. The molecule has 0 aromatic heterocycles. The minimum Gasteiger partial charge on any atom is -0.391 e. The first-order chi connectivity index (χ1) is 8.52. The van der Waals surface area contributed by atoms with Crippen molar-refractivity contribution in [1.29, 1.82) is 0 Å². The fraction of sp³-hybridized carbons (Fsp3) is 0.846. The van der Waals surface area contributed by atoms with Gasteiger partial charge in [-0.15, -0.1) is 0 Å². The van der Waals surface area contributed by atoms with Gasteiger partial charge in [-0.1, -0.05) is 6.92 Å². The third-order valence-electron chi connectivity index (χ3n) is 4.18. The summed E-state index contributed by atoms with van der Waals surface area (Å²) in [5.74, 6) is 0.150. The molecule has 102 valence electrons. The van der Waals surface area contributed by atoms with Crippen LogP contribution < -0.4 is 0 Å². The molecular formula is C13H22N2O3. The van der Waals surface area contributed by atoms with Gasteiger partial charge < -0.3 is 14.9 Å². The molecule has 2 aliphatic heterocycles. The van der Waals surface area contributed by atoms with Gasteiger partial charge in [0.25, 0.3) is 0 Å². The molecule has 0 spiro atoms. The molecular weight excluding hydrogens is 232 g/mol. The first kappa shape index (κ1) is 13.3. The van der Waals surface area contributed by atoms with Crippen LogP contribution in [-0.2, 0) is 9.59 Å². The van der Waals surface area contributed by atoms with Crippen molar-refractivity contribution in [2.75, 3.05) is 26.2 Å². The van der Waals surface area contributed by atoms with E-state index in [0.717, 1.165) is 6.42 Å². The van der Waals surface area contributed by atoms with Gasteiger partial charge in [-0.3, -0.25) is 9.59 Å². The highest BCUT2D eigenvalue weighted by Gasteiger charge is 2.37. The minimum atomic E-state index is -0.429. The molecule has 5 heteroatoms. The van der Waals surface area contributed by atoms with Crippen molar-refractivity contribution >= 4 is 11.8 Å². The summed E-state index contributed by atoms with van der Waals surface area (Å²) in [6.07, 6.45) is 0.738. The van der Waals surface area contributed by atoms with Crippen LogP contribution in [0.1, 0.15) is 26.7 Å². The van der Waals surface area contributed by atoms with Crippen LogP contribution in [0.3, 0.4) is 0 Å². The molecule has 2 rings (SSSR count). The molecule has 0 saturated carbocycles. The lowest BCUT2D eigenvalue weighted by Crippen LogP contribution is -2.48. The molecule has 18 heavy (non-hydrogen) atoms. The van der Waals surface area contributed by atoms with Gasteiger partial charge in [-0.2, -0.15) is 0 Å². The van der Waals surface area contributed by atoms with Gasteiger partial charge in [0.05, 0.1) is 12.0 Å². The zero-order chi connectivity index (χ0) is 13.3. The van der Waals surface area contributed by atoms with E-state index in [1.54, 1.807) is 9.80 Å². The second kappa shape index (κ2) is 5.26. The predicted molar refractivity (Wildman–Crippen MR) is 66.7 cm³/mol. The Morgan fingerprint density at radius 1 is 1.44 bits per heavy atom. The highest BCUT2D eigenvalue weighted by Crippen LogP contribution is 2.23. The number of hydrogen-bond donors (Lipinski definition) is 1. The van der Waals surface area contributed by atoms with Gasteiger partial charge in [0.15, 0.2) is 0 Å². The average molecular weight is 254 g/mol. The number of aliphatic hydroxyl groups excluding tert-OH is 1. The number of carbonyl (C=O) groups is 2. The summed E-state index contributed by atoms with van der Waals surface area (Å²) in [7, 11) is 0. The summed E-state index contributed by atoms with van der Waals surface area (Å²) in [6.45, 7) is 6.25. The van der Waals surface area contributed by atoms with Gasteiger partial charge in [0.2, 0.25) is 11.8 Å². The molecule has 3 unspecified atom stereocenters. The van der Waals surface area contributed by atoms with E-state index in [2.05, 4.69) is 0 Å². The van der Waals surface area contributed by atoms with E-state index in [1.165, 1.54) is 0 Å². The smallest absolute Gasteiger partial charge is 0.228 e. The fourth-order valence-electron chi connectivity index (χ4n) is 2.75. The summed E-state index contributed by atoms with van der Waals surface area (Å²) in [4.78, 5) is 27.4. The van der Waals surface area contributed by atoms with E-state index < -0.39 is 6.10 Å². The number of β-amino-alcohol motifs (C(OH)–C–C–N with tert-alkyl or cyclic N) is 1. The molecule has 0 aliphatic carbocycles. The number of aliphatic hydroxyl groups is 1. The normalized spacial score (nSPS) is 33.1.